The number of rotatable bonds is 8. The lowest BCUT2D eigenvalue weighted by Gasteiger charge is -2.19. The third kappa shape index (κ3) is 5.35. The van der Waals surface area contributed by atoms with Crippen LogP contribution in [0.1, 0.15) is 5.01 Å². The van der Waals surface area contributed by atoms with E-state index < -0.39 is 16.7 Å². The van der Waals surface area contributed by atoms with E-state index in [0.29, 0.717) is 11.3 Å². The van der Waals surface area contributed by atoms with Gasteiger partial charge in [-0.25, -0.2) is 9.37 Å². The second-order valence-electron chi connectivity index (χ2n) is 6.12. The standard InChI is InChI=1S/C20H12ClF3N4O3S/c21-19(22)20(23,24)31-17-7-2-1-6-15(17)26-10-13(9-25)18-27-16(11-32-18)12-4-3-5-14(8-12)28(29)30/h1-8,10-11,19,26H/b13-10+/t19-/m1/s1. The molecule has 1 atom stereocenters. The molecule has 0 aliphatic heterocycles. The fourth-order valence-electron chi connectivity index (χ4n) is 2.47. The molecule has 0 radical (unpaired) electrons. The third-order valence-electron chi connectivity index (χ3n) is 3.97. The molecule has 0 aliphatic carbocycles. The van der Waals surface area contributed by atoms with Gasteiger partial charge in [0.25, 0.3) is 11.3 Å². The molecular weight excluding hydrogens is 469 g/mol. The lowest BCUT2D eigenvalue weighted by molar-refractivity contribution is -0.384. The predicted molar refractivity (Wildman–Crippen MR) is 114 cm³/mol. The number of para-hydroxylation sites is 2. The first-order valence-electron chi connectivity index (χ1n) is 8.73. The molecule has 0 aliphatic rings. The Labute approximate surface area is 188 Å². The van der Waals surface area contributed by atoms with Crippen LogP contribution in [0.5, 0.6) is 5.75 Å². The van der Waals surface area contributed by atoms with Crippen molar-refractivity contribution in [2.75, 3.05) is 5.32 Å². The van der Waals surface area contributed by atoms with E-state index in [-0.39, 0.29) is 27.7 Å². The van der Waals surface area contributed by atoms with Gasteiger partial charge < -0.3 is 10.1 Å². The van der Waals surface area contributed by atoms with Crippen LogP contribution >= 0.6 is 22.9 Å². The van der Waals surface area contributed by atoms with Crippen molar-refractivity contribution < 1.29 is 22.8 Å². The summed E-state index contributed by atoms with van der Waals surface area (Å²) in [6, 6.07) is 13.3. The maximum absolute atomic E-state index is 13.5. The summed E-state index contributed by atoms with van der Waals surface area (Å²) in [7, 11) is 0. The van der Waals surface area contributed by atoms with Crippen molar-refractivity contribution >= 4 is 39.9 Å². The first kappa shape index (κ1) is 23.1. The van der Waals surface area contributed by atoms with Gasteiger partial charge in [-0.2, -0.15) is 14.0 Å². The Hall–Kier alpha value is -3.62. The number of alkyl halides is 4. The topological polar surface area (TPSA) is 101 Å². The molecule has 2 aromatic carbocycles. The van der Waals surface area contributed by atoms with E-state index in [1.54, 1.807) is 11.4 Å². The Morgan fingerprint density at radius 3 is 2.78 bits per heavy atom. The zero-order valence-electron chi connectivity index (χ0n) is 15.8. The summed E-state index contributed by atoms with van der Waals surface area (Å²) in [5.74, 6) is -0.384. The van der Waals surface area contributed by atoms with Crippen molar-refractivity contribution in [3.8, 4) is 23.1 Å². The fourth-order valence-corrected chi connectivity index (χ4v) is 3.31. The zero-order valence-corrected chi connectivity index (χ0v) is 17.4. The summed E-state index contributed by atoms with van der Waals surface area (Å²) < 4.78 is 44.3. The van der Waals surface area contributed by atoms with Gasteiger partial charge in [-0.3, -0.25) is 10.1 Å². The van der Waals surface area contributed by atoms with Crippen LogP contribution in [0.2, 0.25) is 0 Å². The summed E-state index contributed by atoms with van der Waals surface area (Å²) in [6.07, 6.45) is -3.03. The van der Waals surface area contributed by atoms with E-state index in [9.17, 15) is 28.5 Å². The number of nitro groups is 1. The third-order valence-corrected chi connectivity index (χ3v) is 5.10. The Morgan fingerprint density at radius 2 is 2.09 bits per heavy atom. The number of allylic oxidation sites excluding steroid dienone is 1. The Morgan fingerprint density at radius 1 is 1.34 bits per heavy atom. The normalized spacial score (nSPS) is 12.7. The molecule has 12 heteroatoms. The second-order valence-corrected chi connectivity index (χ2v) is 7.36. The van der Waals surface area contributed by atoms with Crippen LogP contribution < -0.4 is 10.1 Å². The van der Waals surface area contributed by atoms with Crippen molar-refractivity contribution in [1.82, 2.24) is 4.98 Å². The molecule has 7 nitrogen and oxygen atoms in total. The van der Waals surface area contributed by atoms with Crippen molar-refractivity contribution in [2.45, 2.75) is 11.7 Å². The molecule has 164 valence electrons. The minimum Gasteiger partial charge on any atom is -0.427 e. The number of halogens is 4. The predicted octanol–water partition coefficient (Wildman–Crippen LogP) is 6.20. The molecule has 0 unspecified atom stereocenters. The number of nitro benzene ring substituents is 1. The van der Waals surface area contributed by atoms with Gasteiger partial charge in [0.2, 0.25) is 0 Å². The molecule has 32 heavy (non-hydrogen) atoms. The fraction of sp³-hybridized carbons (Fsp3) is 0.100. The van der Waals surface area contributed by atoms with E-state index in [2.05, 4.69) is 15.0 Å². The Kier molecular flexibility index (Phi) is 6.97. The summed E-state index contributed by atoms with van der Waals surface area (Å²) in [5, 5.41) is 25.0. The summed E-state index contributed by atoms with van der Waals surface area (Å²) in [5.41, 5.74) is -2.13. The molecule has 1 heterocycles. The number of anilines is 1. The molecular formula is C20H12ClF3N4O3S. The number of ether oxygens (including phenoxy) is 1. The maximum atomic E-state index is 13.5. The Balaban J connectivity index is 1.84. The van der Waals surface area contributed by atoms with Gasteiger partial charge in [0.1, 0.15) is 22.4 Å². The first-order valence-corrected chi connectivity index (χ1v) is 10.0. The van der Waals surface area contributed by atoms with Crippen LogP contribution in [-0.2, 0) is 0 Å². The van der Waals surface area contributed by atoms with Crippen LogP contribution in [-0.4, -0.2) is 21.6 Å². The van der Waals surface area contributed by atoms with E-state index in [1.165, 1.54) is 48.7 Å². The SMILES string of the molecule is N#C/C(=C\Nc1ccccc1OC(F)(F)[C@@H](F)Cl)c1nc(-c2cccc([N+](=O)[O-])c2)cs1. The average Bonchev–Trinajstić information content (AvgIpc) is 3.25. The zero-order chi connectivity index (χ0) is 23.3. The number of aromatic nitrogens is 1. The molecule has 0 saturated carbocycles. The van der Waals surface area contributed by atoms with E-state index in [1.807, 2.05) is 6.07 Å². The minimum absolute atomic E-state index is 0.0349. The highest BCUT2D eigenvalue weighted by molar-refractivity contribution is 7.11. The lowest BCUT2D eigenvalue weighted by atomic mass is 10.1. The van der Waals surface area contributed by atoms with Crippen molar-refractivity contribution in [2.24, 2.45) is 0 Å². The van der Waals surface area contributed by atoms with Gasteiger partial charge in [-0.1, -0.05) is 35.9 Å². The highest BCUT2D eigenvalue weighted by Crippen LogP contribution is 2.34. The van der Waals surface area contributed by atoms with E-state index in [4.69, 9.17) is 11.6 Å². The Bertz CT molecular complexity index is 1210. The summed E-state index contributed by atoms with van der Waals surface area (Å²) in [6.45, 7) is 0. The molecule has 0 bridgehead atoms. The molecule has 3 rings (SSSR count). The summed E-state index contributed by atoms with van der Waals surface area (Å²) in [4.78, 5) is 14.7. The first-order chi connectivity index (χ1) is 15.2. The minimum atomic E-state index is -4.26. The highest BCUT2D eigenvalue weighted by Gasteiger charge is 2.42. The van der Waals surface area contributed by atoms with Crippen molar-refractivity contribution in [3.63, 3.8) is 0 Å². The lowest BCUT2D eigenvalue weighted by Crippen LogP contribution is -2.33. The quantitative estimate of drug-likeness (QED) is 0.178. The van der Waals surface area contributed by atoms with Crippen LogP contribution in [0.25, 0.3) is 16.8 Å². The number of nitrogens with one attached hydrogen (secondary N) is 1. The smallest absolute Gasteiger partial charge is 0.427 e. The molecule has 0 fully saturated rings. The second kappa shape index (κ2) is 9.67. The van der Waals surface area contributed by atoms with Gasteiger partial charge in [0.15, 0.2) is 0 Å². The largest absolute Gasteiger partial charge is 0.444 e. The summed E-state index contributed by atoms with van der Waals surface area (Å²) >= 11 is 5.93. The number of nitrogens with zero attached hydrogens (tertiary/aromatic N) is 3. The molecule has 1 N–H and O–H groups in total. The number of nitriles is 1. The van der Waals surface area contributed by atoms with Crippen molar-refractivity contribution in [3.05, 3.63) is 75.2 Å². The van der Waals surface area contributed by atoms with Gasteiger partial charge in [-0.15, -0.1) is 11.3 Å². The molecule has 3 aromatic rings. The van der Waals surface area contributed by atoms with Gasteiger partial charge >= 0.3 is 6.11 Å². The molecule has 1 aromatic heterocycles. The average molecular weight is 481 g/mol. The van der Waals surface area contributed by atoms with Crippen LogP contribution in [0.4, 0.5) is 24.5 Å². The number of hydrogen-bond acceptors (Lipinski definition) is 7. The van der Waals surface area contributed by atoms with E-state index in [0.717, 1.165) is 11.3 Å². The van der Waals surface area contributed by atoms with Crippen LogP contribution in [0.15, 0.2) is 60.1 Å². The molecule has 0 amide bonds. The molecule has 0 saturated heterocycles. The van der Waals surface area contributed by atoms with Crippen LogP contribution in [0.3, 0.4) is 0 Å². The maximum Gasteiger partial charge on any atom is 0.444 e. The number of benzene rings is 2. The highest BCUT2D eigenvalue weighted by atomic mass is 35.5. The number of non-ortho nitro benzene ring substituents is 1. The van der Waals surface area contributed by atoms with Gasteiger partial charge in [0, 0.05) is 29.3 Å². The number of hydrogen-bond donors (Lipinski definition) is 1. The van der Waals surface area contributed by atoms with E-state index >= 15 is 0 Å². The van der Waals surface area contributed by atoms with Gasteiger partial charge in [-0.05, 0) is 12.1 Å². The van der Waals surface area contributed by atoms with Crippen LogP contribution in [0, 0.1) is 21.4 Å². The molecule has 0 spiro atoms. The van der Waals surface area contributed by atoms with Crippen molar-refractivity contribution in [1.29, 1.82) is 5.26 Å². The van der Waals surface area contributed by atoms with Gasteiger partial charge in [0.05, 0.1) is 16.3 Å². The number of thiazole rings is 1. The monoisotopic (exact) mass is 480 g/mol.